The second-order valence-corrected chi connectivity index (χ2v) is 18.9. The zero-order valence-electron chi connectivity index (χ0n) is 28.7. The van der Waals surface area contributed by atoms with E-state index in [2.05, 4.69) is 10.2 Å². The highest BCUT2D eigenvalue weighted by Crippen LogP contribution is 2.37. The van der Waals surface area contributed by atoms with Crippen LogP contribution in [0.3, 0.4) is 0 Å². The van der Waals surface area contributed by atoms with Crippen molar-refractivity contribution in [3.8, 4) is 11.3 Å². The predicted molar refractivity (Wildman–Crippen MR) is 187 cm³/mol. The Bertz CT molecular complexity index is 2060. The van der Waals surface area contributed by atoms with Gasteiger partial charge in [-0.25, -0.2) is 16.8 Å². The summed E-state index contributed by atoms with van der Waals surface area (Å²) in [4.78, 5) is 29.2. The number of thiophene rings is 1. The number of carbonyl (C=O) groups excluding carboxylic acids is 2. The van der Waals surface area contributed by atoms with Crippen molar-refractivity contribution in [3.63, 3.8) is 0 Å². The number of aliphatic hydroxyl groups is 1. The number of sulfonamides is 1. The van der Waals surface area contributed by atoms with E-state index in [-0.39, 0.29) is 63.9 Å². The molecule has 0 aliphatic carbocycles. The maximum atomic E-state index is 14.2. The minimum absolute atomic E-state index is 0.0171. The summed E-state index contributed by atoms with van der Waals surface area (Å²) in [6.07, 6.45) is -0.177. The Morgan fingerprint density at radius 1 is 1.04 bits per heavy atom. The summed E-state index contributed by atoms with van der Waals surface area (Å²) in [5.41, 5.74) is 0.473. The third kappa shape index (κ3) is 8.54. The Morgan fingerprint density at radius 2 is 1.77 bits per heavy atom. The Balaban J connectivity index is 1.24. The van der Waals surface area contributed by atoms with E-state index in [9.17, 15) is 44.7 Å². The van der Waals surface area contributed by atoms with Crippen LogP contribution < -0.4 is 5.32 Å². The van der Waals surface area contributed by atoms with Gasteiger partial charge in [0.1, 0.15) is 4.21 Å². The van der Waals surface area contributed by atoms with Gasteiger partial charge in [-0.05, 0) is 49.1 Å². The van der Waals surface area contributed by atoms with Crippen LogP contribution in [0.1, 0.15) is 57.7 Å². The van der Waals surface area contributed by atoms with Gasteiger partial charge in [0, 0.05) is 87.8 Å². The summed E-state index contributed by atoms with van der Waals surface area (Å²) >= 11 is 0.708. The minimum Gasteiger partial charge on any atom is -0.390 e. The molecule has 2 N–H and O–H groups in total. The number of nitrogens with zero attached hydrogens (tertiary/aromatic N) is 5. The molecule has 52 heavy (non-hydrogen) atoms. The number of nitrogens with one attached hydrogen (secondary N) is 1. The monoisotopic (exact) mass is 786 g/mol. The van der Waals surface area contributed by atoms with Crippen LogP contribution in [-0.4, -0.2) is 115 Å². The Hall–Kier alpha value is -3.36. The van der Waals surface area contributed by atoms with Crippen LogP contribution in [-0.2, 0) is 56.9 Å². The van der Waals surface area contributed by atoms with E-state index < -0.39 is 50.2 Å². The molecule has 13 nitrogen and oxygen atoms in total. The number of fused-ring (bicyclic) bond motifs is 1. The zero-order chi connectivity index (χ0) is 37.6. The van der Waals surface area contributed by atoms with Gasteiger partial charge >= 0.3 is 6.18 Å². The normalized spacial score (nSPS) is 18.9. The number of benzene rings is 1. The number of likely N-dealkylation sites (tertiary alicyclic amines) is 2. The number of β-amino-alcohol motifs (C(OH)–C–C–N with tert-alkyl or cyclic N) is 1. The predicted octanol–water partition coefficient (Wildman–Crippen LogP) is 2.73. The molecular formula is C33H41F3N6O7S3. The summed E-state index contributed by atoms with van der Waals surface area (Å²) < 4.78 is 94.1. The average Bonchev–Trinajstić information content (AvgIpc) is 3.82. The fourth-order valence-electron chi connectivity index (χ4n) is 7.22. The second-order valence-electron chi connectivity index (χ2n) is 13.6. The van der Waals surface area contributed by atoms with Gasteiger partial charge in [0.05, 0.1) is 35.0 Å². The summed E-state index contributed by atoms with van der Waals surface area (Å²) in [5, 5.41) is 18.4. The number of amides is 2. The largest absolute Gasteiger partial charge is 0.416 e. The highest BCUT2D eigenvalue weighted by Gasteiger charge is 2.36. The van der Waals surface area contributed by atoms with Crippen LogP contribution in [0.2, 0.25) is 0 Å². The number of halogens is 3. The van der Waals surface area contributed by atoms with Crippen LogP contribution >= 0.6 is 11.3 Å². The highest BCUT2D eigenvalue weighted by molar-refractivity contribution is 7.92. The summed E-state index contributed by atoms with van der Waals surface area (Å²) in [7, 11) is -7.19. The molecule has 2 fully saturated rings. The van der Waals surface area contributed by atoms with Crippen LogP contribution in [0.15, 0.2) is 34.5 Å². The standard InChI is InChI=1S/C33H41F3N6O7S3/c1-51(46,47)30-8-7-28(50-30)32(45)37-17-22-16-21(5-6-26(22)33(34,35)36)31-25-20-40(52(2,48)49)15-11-27(25)42(38-31)19-24(43)18-39-13-9-23(10-14-39)41-12-3-4-29(41)44/h5-8,16,23-24,43H,3-4,9-15,17-20H2,1-2H3,(H,37,45). The molecule has 3 aromatic rings. The SMILES string of the molecule is CS(=O)(=O)c1ccc(C(=O)NCc2cc(-c3nn(CC(O)CN4CCC(N5CCCC5=O)CC4)c4c3CN(S(C)(=O)=O)CC4)ccc2C(F)(F)F)s1. The van der Waals surface area contributed by atoms with E-state index in [1.807, 2.05) is 4.90 Å². The van der Waals surface area contributed by atoms with E-state index in [1.165, 1.54) is 28.6 Å². The van der Waals surface area contributed by atoms with E-state index in [1.54, 1.807) is 4.68 Å². The molecule has 3 aliphatic heterocycles. The number of carbonyl (C=O) groups is 2. The summed E-state index contributed by atoms with van der Waals surface area (Å²) in [5.74, 6) is -0.549. The molecule has 2 saturated heterocycles. The molecule has 3 aliphatic rings. The van der Waals surface area contributed by atoms with Gasteiger partial charge in [-0.3, -0.25) is 14.3 Å². The van der Waals surface area contributed by atoms with Crippen LogP contribution in [0, 0.1) is 0 Å². The van der Waals surface area contributed by atoms with Crippen molar-refractivity contribution in [2.75, 3.05) is 45.2 Å². The first-order chi connectivity index (χ1) is 24.4. The lowest BCUT2D eigenvalue weighted by molar-refractivity contribution is -0.138. The molecule has 0 radical (unpaired) electrons. The molecule has 5 heterocycles. The third-order valence-electron chi connectivity index (χ3n) is 9.82. The number of hydrogen-bond donors (Lipinski definition) is 2. The van der Waals surface area contributed by atoms with Crippen molar-refractivity contribution >= 4 is 43.0 Å². The molecule has 6 rings (SSSR count). The van der Waals surface area contributed by atoms with Crippen molar-refractivity contribution in [2.45, 2.75) is 74.3 Å². The number of alkyl halides is 3. The second kappa shape index (κ2) is 14.8. The lowest BCUT2D eigenvalue weighted by Crippen LogP contribution is -2.47. The maximum Gasteiger partial charge on any atom is 0.416 e. The lowest BCUT2D eigenvalue weighted by atomic mass is 9.97. The molecular weight excluding hydrogens is 746 g/mol. The van der Waals surface area contributed by atoms with Gasteiger partial charge in [0.15, 0.2) is 9.84 Å². The van der Waals surface area contributed by atoms with Gasteiger partial charge in [0.25, 0.3) is 5.91 Å². The summed E-state index contributed by atoms with van der Waals surface area (Å²) in [6, 6.07) is 6.15. The average molecular weight is 787 g/mol. The van der Waals surface area contributed by atoms with Crippen LogP contribution in [0.4, 0.5) is 13.2 Å². The number of aromatic nitrogens is 2. The number of hydrogen-bond acceptors (Lipinski definition) is 10. The molecule has 2 amide bonds. The van der Waals surface area contributed by atoms with E-state index in [0.29, 0.717) is 48.6 Å². The van der Waals surface area contributed by atoms with E-state index >= 15 is 0 Å². The molecule has 1 atom stereocenters. The zero-order valence-corrected chi connectivity index (χ0v) is 31.2. The van der Waals surface area contributed by atoms with Gasteiger partial charge < -0.3 is 20.2 Å². The molecule has 0 bridgehead atoms. The van der Waals surface area contributed by atoms with Gasteiger partial charge in [0.2, 0.25) is 15.9 Å². The Morgan fingerprint density at radius 3 is 2.38 bits per heavy atom. The van der Waals surface area contributed by atoms with Crippen molar-refractivity contribution < 1.29 is 44.7 Å². The first kappa shape index (κ1) is 38.4. The summed E-state index contributed by atoms with van der Waals surface area (Å²) in [6.45, 7) is 2.22. The maximum absolute atomic E-state index is 14.2. The van der Waals surface area contributed by atoms with Gasteiger partial charge in [-0.1, -0.05) is 6.07 Å². The fraction of sp³-hybridized carbons (Fsp3) is 0.545. The number of rotatable bonds is 11. The molecule has 0 saturated carbocycles. The molecule has 0 spiro atoms. The first-order valence-electron chi connectivity index (χ1n) is 16.9. The molecule has 2 aromatic heterocycles. The van der Waals surface area contributed by atoms with Crippen molar-refractivity contribution in [2.24, 2.45) is 0 Å². The van der Waals surface area contributed by atoms with Crippen LogP contribution in [0.5, 0.6) is 0 Å². The van der Waals surface area contributed by atoms with Crippen molar-refractivity contribution in [1.82, 2.24) is 29.2 Å². The number of sulfone groups is 1. The quantitative estimate of drug-likeness (QED) is 0.298. The highest BCUT2D eigenvalue weighted by atomic mass is 32.2. The number of piperidine rings is 1. The molecule has 284 valence electrons. The lowest BCUT2D eigenvalue weighted by Gasteiger charge is -2.37. The Kier molecular flexibility index (Phi) is 10.9. The fourth-order valence-corrected chi connectivity index (χ4v) is 9.85. The Labute approximate surface area is 304 Å². The molecule has 1 unspecified atom stereocenters. The molecule has 19 heteroatoms. The van der Waals surface area contributed by atoms with Gasteiger partial charge in [-0.2, -0.15) is 22.6 Å². The van der Waals surface area contributed by atoms with Crippen LogP contribution in [0.25, 0.3) is 11.3 Å². The topological polar surface area (TPSA) is 162 Å². The van der Waals surface area contributed by atoms with E-state index in [4.69, 9.17) is 5.10 Å². The molecule has 1 aromatic carbocycles. The van der Waals surface area contributed by atoms with E-state index in [0.717, 1.165) is 44.4 Å². The third-order valence-corrected chi connectivity index (χ3v) is 14.0. The van der Waals surface area contributed by atoms with Crippen molar-refractivity contribution in [1.29, 1.82) is 0 Å². The smallest absolute Gasteiger partial charge is 0.390 e. The minimum atomic E-state index is -4.76. The van der Waals surface area contributed by atoms with Crippen molar-refractivity contribution in [3.05, 3.63) is 57.6 Å². The van der Waals surface area contributed by atoms with Gasteiger partial charge in [-0.15, -0.1) is 11.3 Å². The first-order valence-corrected chi connectivity index (χ1v) is 21.5. The number of aliphatic hydroxyl groups excluding tert-OH is 1.